The van der Waals surface area contributed by atoms with E-state index < -0.39 is 0 Å². The van der Waals surface area contributed by atoms with Crippen LogP contribution in [0.25, 0.3) is 0 Å². The summed E-state index contributed by atoms with van der Waals surface area (Å²) in [6.45, 7) is 0. The standard InChI is InChI=1S/C16H22Cl2N2/c1-20-13-3-4-14(20)8-11(7-13)16(19)9-10-6-12(17)2-5-15(10)18/h2,5-6,11,13-14,16H,3-4,7-9,19H2,1H3. The molecule has 2 nitrogen and oxygen atoms in total. The summed E-state index contributed by atoms with van der Waals surface area (Å²) in [7, 11) is 2.26. The van der Waals surface area contributed by atoms with Crippen molar-refractivity contribution in [3.63, 3.8) is 0 Å². The lowest BCUT2D eigenvalue weighted by Crippen LogP contribution is -2.46. The van der Waals surface area contributed by atoms with E-state index in [1.54, 1.807) is 0 Å². The van der Waals surface area contributed by atoms with Crippen molar-refractivity contribution in [1.29, 1.82) is 0 Å². The molecule has 0 spiro atoms. The van der Waals surface area contributed by atoms with Crippen molar-refractivity contribution in [2.45, 2.75) is 50.2 Å². The topological polar surface area (TPSA) is 29.3 Å². The monoisotopic (exact) mass is 312 g/mol. The Balaban J connectivity index is 1.68. The second kappa shape index (κ2) is 5.84. The molecule has 3 atom stereocenters. The van der Waals surface area contributed by atoms with Gasteiger partial charge in [-0.2, -0.15) is 0 Å². The normalized spacial score (nSPS) is 31.5. The molecular weight excluding hydrogens is 291 g/mol. The molecule has 2 heterocycles. The minimum atomic E-state index is 0.183. The second-order valence-corrected chi connectivity index (χ2v) is 7.23. The molecule has 2 fully saturated rings. The Morgan fingerprint density at radius 3 is 2.55 bits per heavy atom. The molecule has 20 heavy (non-hydrogen) atoms. The van der Waals surface area contributed by atoms with E-state index in [0.29, 0.717) is 5.92 Å². The highest BCUT2D eigenvalue weighted by Crippen LogP contribution is 2.39. The number of rotatable bonds is 3. The molecule has 0 radical (unpaired) electrons. The maximum Gasteiger partial charge on any atom is 0.0439 e. The van der Waals surface area contributed by atoms with Crippen molar-refractivity contribution in [2.75, 3.05) is 7.05 Å². The largest absolute Gasteiger partial charge is 0.327 e. The Labute approximate surface area is 131 Å². The number of fused-ring (bicyclic) bond motifs is 2. The first-order valence-electron chi connectivity index (χ1n) is 7.46. The molecule has 0 amide bonds. The number of halogens is 2. The first-order valence-corrected chi connectivity index (χ1v) is 8.21. The summed E-state index contributed by atoms with van der Waals surface area (Å²) in [4.78, 5) is 2.55. The zero-order valence-electron chi connectivity index (χ0n) is 11.9. The molecule has 0 saturated carbocycles. The Bertz CT molecular complexity index is 477. The maximum atomic E-state index is 6.48. The summed E-state index contributed by atoms with van der Waals surface area (Å²) >= 11 is 12.3. The summed E-state index contributed by atoms with van der Waals surface area (Å²) in [6, 6.07) is 7.30. The second-order valence-electron chi connectivity index (χ2n) is 6.39. The molecular formula is C16H22Cl2N2. The van der Waals surface area contributed by atoms with Gasteiger partial charge in [-0.15, -0.1) is 0 Å². The minimum Gasteiger partial charge on any atom is -0.327 e. The summed E-state index contributed by atoms with van der Waals surface area (Å²) in [5.74, 6) is 0.610. The van der Waals surface area contributed by atoms with Crippen molar-refractivity contribution in [2.24, 2.45) is 11.7 Å². The van der Waals surface area contributed by atoms with Gasteiger partial charge in [0.1, 0.15) is 0 Å². The average Bonchev–Trinajstić information content (AvgIpc) is 2.65. The van der Waals surface area contributed by atoms with Crippen LogP contribution in [0.15, 0.2) is 18.2 Å². The van der Waals surface area contributed by atoms with Crippen molar-refractivity contribution >= 4 is 23.2 Å². The number of nitrogens with zero attached hydrogens (tertiary/aromatic N) is 1. The van der Waals surface area contributed by atoms with Gasteiger partial charge in [0, 0.05) is 28.2 Å². The van der Waals surface area contributed by atoms with Gasteiger partial charge in [0.2, 0.25) is 0 Å². The van der Waals surface area contributed by atoms with E-state index in [9.17, 15) is 0 Å². The third kappa shape index (κ3) is 2.85. The Hall–Kier alpha value is -0.280. The van der Waals surface area contributed by atoms with Crippen LogP contribution in [0.4, 0.5) is 0 Å². The number of nitrogens with two attached hydrogens (primary N) is 1. The quantitative estimate of drug-likeness (QED) is 0.921. The summed E-state index contributed by atoms with van der Waals surface area (Å²) < 4.78 is 0. The summed E-state index contributed by atoms with van der Waals surface area (Å²) in [5.41, 5.74) is 7.56. The molecule has 0 aromatic heterocycles. The Morgan fingerprint density at radius 2 is 1.90 bits per heavy atom. The van der Waals surface area contributed by atoms with Gasteiger partial charge in [-0.25, -0.2) is 0 Å². The smallest absolute Gasteiger partial charge is 0.0439 e. The highest BCUT2D eigenvalue weighted by Gasteiger charge is 2.40. The SMILES string of the molecule is CN1C2CCC1CC(C(N)Cc1cc(Cl)ccc1Cl)C2. The van der Waals surface area contributed by atoms with Gasteiger partial charge in [0.05, 0.1) is 0 Å². The van der Waals surface area contributed by atoms with Gasteiger partial charge >= 0.3 is 0 Å². The molecule has 1 aromatic rings. The van der Waals surface area contributed by atoms with Crippen LogP contribution in [0.2, 0.25) is 10.0 Å². The predicted octanol–water partition coefficient (Wildman–Crippen LogP) is 3.74. The molecule has 2 N–H and O–H groups in total. The van der Waals surface area contributed by atoms with Crippen molar-refractivity contribution in [3.8, 4) is 0 Å². The van der Waals surface area contributed by atoms with E-state index in [1.165, 1.54) is 25.7 Å². The lowest BCUT2D eigenvalue weighted by Gasteiger charge is -2.38. The van der Waals surface area contributed by atoms with E-state index in [0.717, 1.165) is 34.1 Å². The maximum absolute atomic E-state index is 6.48. The van der Waals surface area contributed by atoms with Gasteiger partial charge in [0.15, 0.2) is 0 Å². The van der Waals surface area contributed by atoms with Gasteiger partial charge in [0.25, 0.3) is 0 Å². The lowest BCUT2D eigenvalue weighted by molar-refractivity contribution is 0.120. The van der Waals surface area contributed by atoms with Gasteiger partial charge < -0.3 is 10.6 Å². The fourth-order valence-electron chi connectivity index (χ4n) is 3.92. The van der Waals surface area contributed by atoms with E-state index in [4.69, 9.17) is 28.9 Å². The van der Waals surface area contributed by atoms with Crippen LogP contribution < -0.4 is 5.73 Å². The number of hydrogen-bond acceptors (Lipinski definition) is 2. The van der Waals surface area contributed by atoms with Crippen LogP contribution >= 0.6 is 23.2 Å². The van der Waals surface area contributed by atoms with Gasteiger partial charge in [-0.3, -0.25) is 0 Å². The Kier molecular flexibility index (Phi) is 4.28. The molecule has 4 heteroatoms. The number of benzene rings is 1. The first kappa shape index (κ1) is 14.6. The van der Waals surface area contributed by atoms with Crippen molar-refractivity contribution in [3.05, 3.63) is 33.8 Å². The third-order valence-corrected chi connectivity index (χ3v) is 5.81. The van der Waals surface area contributed by atoms with Crippen LogP contribution in [0, 0.1) is 5.92 Å². The average molecular weight is 313 g/mol. The fourth-order valence-corrected chi connectivity index (χ4v) is 4.31. The number of hydrogen-bond donors (Lipinski definition) is 1. The van der Waals surface area contributed by atoms with E-state index in [-0.39, 0.29) is 6.04 Å². The van der Waals surface area contributed by atoms with Crippen LogP contribution in [0.1, 0.15) is 31.2 Å². The van der Waals surface area contributed by atoms with Crippen molar-refractivity contribution in [1.82, 2.24) is 4.90 Å². The molecule has 1 aromatic carbocycles. The van der Waals surface area contributed by atoms with E-state index >= 15 is 0 Å². The fraction of sp³-hybridized carbons (Fsp3) is 0.625. The lowest BCUT2D eigenvalue weighted by atomic mass is 9.83. The van der Waals surface area contributed by atoms with Crippen molar-refractivity contribution < 1.29 is 0 Å². The molecule has 3 rings (SSSR count). The highest BCUT2D eigenvalue weighted by molar-refractivity contribution is 6.33. The van der Waals surface area contributed by atoms with Gasteiger partial charge in [-0.1, -0.05) is 23.2 Å². The van der Waals surface area contributed by atoms with Gasteiger partial charge in [-0.05, 0) is 68.8 Å². The van der Waals surface area contributed by atoms with Crippen LogP contribution in [-0.2, 0) is 6.42 Å². The molecule has 2 bridgehead atoms. The van der Waals surface area contributed by atoms with Crippen LogP contribution in [0.5, 0.6) is 0 Å². The molecule has 2 saturated heterocycles. The zero-order valence-corrected chi connectivity index (χ0v) is 13.4. The van der Waals surface area contributed by atoms with Crippen LogP contribution in [0.3, 0.4) is 0 Å². The first-order chi connectivity index (χ1) is 9.54. The Morgan fingerprint density at radius 1 is 1.25 bits per heavy atom. The predicted molar refractivity (Wildman–Crippen MR) is 85.4 cm³/mol. The molecule has 110 valence electrons. The zero-order chi connectivity index (χ0) is 14.3. The minimum absolute atomic E-state index is 0.183. The molecule has 2 aliphatic rings. The van der Waals surface area contributed by atoms with E-state index in [1.807, 2.05) is 18.2 Å². The molecule has 0 aliphatic carbocycles. The summed E-state index contributed by atoms with van der Waals surface area (Å²) in [6.07, 6.45) is 5.95. The molecule has 2 aliphatic heterocycles. The number of piperidine rings is 1. The summed E-state index contributed by atoms with van der Waals surface area (Å²) in [5, 5.41) is 1.51. The van der Waals surface area contributed by atoms with E-state index in [2.05, 4.69) is 11.9 Å². The third-order valence-electron chi connectivity index (χ3n) is 5.20. The highest BCUT2D eigenvalue weighted by atomic mass is 35.5. The molecule has 3 unspecified atom stereocenters. The van der Waals surface area contributed by atoms with Crippen LogP contribution in [-0.4, -0.2) is 30.1 Å².